The number of amidine groups is 1. The van der Waals surface area contributed by atoms with E-state index in [-0.39, 0.29) is 59.8 Å². The summed E-state index contributed by atoms with van der Waals surface area (Å²) < 4.78 is 17.7. The van der Waals surface area contributed by atoms with Gasteiger partial charge in [-0.05, 0) is 89.7 Å². The molecule has 6 amide bonds. The van der Waals surface area contributed by atoms with Crippen LogP contribution in [-0.2, 0) is 36.9 Å². The normalized spacial score (nSPS) is 17.3. The topological polar surface area (TPSA) is 210 Å². The maximum Gasteiger partial charge on any atom is 0.338 e. The molecule has 1 aromatic heterocycles. The number of rotatable bonds is 19. The van der Waals surface area contributed by atoms with Crippen molar-refractivity contribution in [1.82, 2.24) is 25.4 Å². The summed E-state index contributed by atoms with van der Waals surface area (Å²) in [6, 6.07) is 41.1. The molecule has 16 nitrogen and oxygen atoms in total. The first kappa shape index (κ1) is 51.6. The van der Waals surface area contributed by atoms with Gasteiger partial charge in [-0.25, -0.2) is 39.0 Å². The number of amides is 6. The molecule has 0 spiro atoms. The second-order valence-corrected chi connectivity index (χ2v) is 17.9. The standard InChI is InChI=1S/C57H52ClN7O9/c1-3-36(33-48(59)60-2)30-45-52(67)65(57(71)63-49(40-20-12-6-13-21-40)41-22-14-7-15-23-41)53(45)74-43-26-24-42(25-27-43)54(68)73-35-46(39-18-10-5-11-19-39)62-56(70)64-50(55(69)72-34-37-16-8-4-9-17-37)44(51(64)66)31-38-28-29-61-47(58)32-38/h4-30,32,36,44,46,49-50,53,59H,2-3,31,33-35H2,1H3,(H,62,70)(H,63,71)/b45-30+,59-48?. The van der Waals surface area contributed by atoms with Gasteiger partial charge in [0.1, 0.15) is 30.0 Å². The van der Waals surface area contributed by atoms with Gasteiger partial charge in [-0.3, -0.25) is 15.0 Å². The van der Waals surface area contributed by atoms with Gasteiger partial charge < -0.3 is 24.8 Å². The highest BCUT2D eigenvalue weighted by atomic mass is 35.5. The zero-order chi connectivity index (χ0) is 52.1. The molecule has 376 valence electrons. The number of aliphatic imine (C=N–C) groups is 1. The maximum atomic E-state index is 14.1. The molecule has 2 aliphatic rings. The van der Waals surface area contributed by atoms with Crippen LogP contribution >= 0.6 is 11.6 Å². The van der Waals surface area contributed by atoms with Crippen molar-refractivity contribution in [1.29, 1.82) is 5.41 Å². The molecule has 6 aromatic rings. The Labute approximate surface area is 432 Å². The predicted molar refractivity (Wildman–Crippen MR) is 276 cm³/mol. The second kappa shape index (κ2) is 24.1. The van der Waals surface area contributed by atoms with E-state index < -0.39 is 66.1 Å². The monoisotopic (exact) mass is 1010 g/mol. The summed E-state index contributed by atoms with van der Waals surface area (Å²) in [4.78, 5) is 92.8. The van der Waals surface area contributed by atoms with Crippen LogP contribution in [0, 0.1) is 17.2 Å². The average molecular weight is 1010 g/mol. The van der Waals surface area contributed by atoms with Crippen LogP contribution in [0.25, 0.3) is 0 Å². The Morgan fingerprint density at radius 2 is 1.36 bits per heavy atom. The summed E-state index contributed by atoms with van der Waals surface area (Å²) >= 11 is 6.12. The van der Waals surface area contributed by atoms with Crippen LogP contribution in [0.4, 0.5) is 9.59 Å². The van der Waals surface area contributed by atoms with Crippen LogP contribution in [0.3, 0.4) is 0 Å². The first-order valence-electron chi connectivity index (χ1n) is 23.9. The number of allylic oxidation sites excluding steroid dienone is 1. The molecule has 8 rings (SSSR count). The number of benzene rings is 5. The fourth-order valence-electron chi connectivity index (χ4n) is 8.67. The number of carbonyl (C=O) groups is 6. The lowest BCUT2D eigenvalue weighted by atomic mass is 9.82. The van der Waals surface area contributed by atoms with Gasteiger partial charge in [0.05, 0.1) is 29.1 Å². The van der Waals surface area contributed by atoms with Gasteiger partial charge in [-0.2, -0.15) is 0 Å². The number of urea groups is 2. The molecule has 2 aliphatic heterocycles. The fraction of sp³-hybridized carbons (Fsp3) is 0.211. The van der Waals surface area contributed by atoms with Gasteiger partial charge in [0, 0.05) is 12.6 Å². The number of aromatic nitrogens is 1. The van der Waals surface area contributed by atoms with Gasteiger partial charge >= 0.3 is 24.0 Å². The SMILES string of the molecule is C=NC(=N)CC(/C=C1\C(=O)N(C(=O)NC(c2ccccc2)c2ccccc2)C1Oc1ccc(C(=O)OCC(NC(=O)N2C(=O)C(Cc3ccnc(Cl)c3)C2C(=O)OCc2ccccc2)c2ccccc2)cc1)CC. The van der Waals surface area contributed by atoms with Crippen molar-refractivity contribution in [2.75, 3.05) is 6.61 Å². The van der Waals surface area contributed by atoms with Gasteiger partial charge in [0.25, 0.3) is 5.91 Å². The first-order valence-corrected chi connectivity index (χ1v) is 24.2. The third kappa shape index (κ3) is 12.3. The summed E-state index contributed by atoms with van der Waals surface area (Å²) in [6.45, 7) is 4.90. The molecule has 17 heteroatoms. The number of hydrogen-bond acceptors (Lipinski definition) is 11. The summed E-state index contributed by atoms with van der Waals surface area (Å²) in [6.07, 6.45) is 2.89. The minimum absolute atomic E-state index is 0.0509. The van der Waals surface area contributed by atoms with Crippen LogP contribution in [0.5, 0.6) is 5.75 Å². The van der Waals surface area contributed by atoms with Crippen molar-refractivity contribution in [3.63, 3.8) is 0 Å². The molecule has 5 atom stereocenters. The molecule has 2 fully saturated rings. The van der Waals surface area contributed by atoms with E-state index in [1.54, 1.807) is 72.8 Å². The van der Waals surface area contributed by atoms with Gasteiger partial charge in [-0.1, -0.05) is 146 Å². The number of imide groups is 2. The summed E-state index contributed by atoms with van der Waals surface area (Å²) in [5.74, 6) is -3.67. The second-order valence-electron chi connectivity index (χ2n) is 17.5. The number of nitrogens with zero attached hydrogens (tertiary/aromatic N) is 4. The molecular weight excluding hydrogens is 962 g/mol. The Hall–Kier alpha value is -8.76. The summed E-state index contributed by atoms with van der Waals surface area (Å²) in [7, 11) is 0. The number of nitrogens with one attached hydrogen (secondary N) is 3. The number of β-lactam (4-membered cyclic amide) rings is 2. The number of carbonyl (C=O) groups excluding carboxylic acids is 6. The van der Waals surface area contributed by atoms with E-state index in [0.717, 1.165) is 26.5 Å². The van der Waals surface area contributed by atoms with Crippen LogP contribution in [0.15, 0.2) is 181 Å². The molecule has 74 heavy (non-hydrogen) atoms. The number of ether oxygens (including phenoxy) is 3. The van der Waals surface area contributed by atoms with Crippen LogP contribution in [-0.4, -0.2) is 82.0 Å². The number of halogens is 1. The molecule has 0 saturated carbocycles. The van der Waals surface area contributed by atoms with Crippen molar-refractivity contribution in [2.24, 2.45) is 16.8 Å². The largest absolute Gasteiger partial charge is 0.465 e. The Balaban J connectivity index is 0.968. The Morgan fingerprint density at radius 3 is 1.96 bits per heavy atom. The minimum Gasteiger partial charge on any atom is -0.465 e. The van der Waals surface area contributed by atoms with Crippen LogP contribution < -0.4 is 15.4 Å². The number of hydrogen-bond donors (Lipinski definition) is 3. The summed E-state index contributed by atoms with van der Waals surface area (Å²) in [5.41, 5.74) is 3.81. The van der Waals surface area contributed by atoms with Gasteiger partial charge in [0.15, 0.2) is 6.04 Å². The van der Waals surface area contributed by atoms with Gasteiger partial charge in [0.2, 0.25) is 12.1 Å². The average Bonchev–Trinajstić information content (AvgIpc) is 3.43. The van der Waals surface area contributed by atoms with Crippen molar-refractivity contribution in [2.45, 2.75) is 57.1 Å². The smallest absolute Gasteiger partial charge is 0.338 e. The molecule has 0 radical (unpaired) electrons. The molecule has 2 saturated heterocycles. The van der Waals surface area contributed by atoms with Crippen LogP contribution in [0.2, 0.25) is 5.15 Å². The zero-order valence-corrected chi connectivity index (χ0v) is 41.0. The first-order chi connectivity index (χ1) is 35.9. The molecule has 3 heterocycles. The Bertz CT molecular complexity index is 3000. The van der Waals surface area contributed by atoms with Crippen molar-refractivity contribution >= 4 is 60.0 Å². The van der Waals surface area contributed by atoms with E-state index in [1.165, 1.54) is 30.5 Å². The van der Waals surface area contributed by atoms with Gasteiger partial charge in [-0.15, -0.1) is 0 Å². The third-order valence-corrected chi connectivity index (χ3v) is 12.9. The van der Waals surface area contributed by atoms with E-state index >= 15 is 0 Å². The number of likely N-dealkylation sites (tertiary alicyclic amines) is 2. The van der Waals surface area contributed by atoms with E-state index in [0.29, 0.717) is 17.5 Å². The highest BCUT2D eigenvalue weighted by molar-refractivity contribution is 6.29. The van der Waals surface area contributed by atoms with E-state index in [9.17, 15) is 28.8 Å². The number of esters is 2. The zero-order valence-electron chi connectivity index (χ0n) is 40.2. The highest BCUT2D eigenvalue weighted by Crippen LogP contribution is 2.35. The molecule has 5 aromatic carbocycles. The third-order valence-electron chi connectivity index (χ3n) is 12.7. The van der Waals surface area contributed by atoms with Crippen molar-refractivity contribution in [3.05, 3.63) is 214 Å². The molecule has 3 N–H and O–H groups in total. The highest BCUT2D eigenvalue weighted by Gasteiger charge is 2.56. The maximum absolute atomic E-state index is 14.1. The predicted octanol–water partition coefficient (Wildman–Crippen LogP) is 9.22. The van der Waals surface area contributed by atoms with Crippen LogP contribution in [0.1, 0.15) is 70.0 Å². The Morgan fingerprint density at radius 1 is 0.770 bits per heavy atom. The Kier molecular flexibility index (Phi) is 16.8. The minimum atomic E-state index is -1.28. The molecule has 0 bridgehead atoms. The van der Waals surface area contributed by atoms with E-state index in [4.69, 9.17) is 31.2 Å². The fourth-order valence-corrected chi connectivity index (χ4v) is 8.87. The van der Waals surface area contributed by atoms with E-state index in [2.05, 4.69) is 27.3 Å². The molecular formula is C57H52ClN7O9. The molecule has 0 aliphatic carbocycles. The quantitative estimate of drug-likeness (QED) is 0.0175. The van der Waals surface area contributed by atoms with Crippen molar-refractivity contribution < 1.29 is 43.0 Å². The number of pyridine rings is 1. The summed E-state index contributed by atoms with van der Waals surface area (Å²) in [5, 5.41) is 14.1. The lowest BCUT2D eigenvalue weighted by molar-refractivity contribution is -0.170. The lowest BCUT2D eigenvalue weighted by Crippen LogP contribution is -2.69. The van der Waals surface area contributed by atoms with Crippen molar-refractivity contribution in [3.8, 4) is 5.75 Å². The van der Waals surface area contributed by atoms with E-state index in [1.807, 2.05) is 73.7 Å². The molecule has 5 unspecified atom stereocenters. The lowest BCUT2D eigenvalue weighted by Gasteiger charge is -2.44.